The summed E-state index contributed by atoms with van der Waals surface area (Å²) < 4.78 is 3.72. The van der Waals surface area contributed by atoms with Gasteiger partial charge in [0, 0.05) is 0 Å². The summed E-state index contributed by atoms with van der Waals surface area (Å²) in [6.45, 7) is -0.0120. The Morgan fingerprint density at radius 2 is 2.60 bits per heavy atom. The lowest BCUT2D eigenvalue weighted by atomic mass is 10.3. The zero-order valence-electron chi connectivity index (χ0n) is 5.00. The summed E-state index contributed by atoms with van der Waals surface area (Å²) in [5, 5.41) is 0.389. The van der Waals surface area contributed by atoms with Crippen LogP contribution >= 0.6 is 23.1 Å². The molecule has 2 N–H and O–H groups in total. The van der Waals surface area contributed by atoms with Gasteiger partial charge in [-0.2, -0.15) is 4.37 Å². The third-order valence-electron chi connectivity index (χ3n) is 0.966. The van der Waals surface area contributed by atoms with Gasteiger partial charge in [-0.05, 0) is 11.5 Å². The molecule has 0 fully saturated rings. The molecule has 3 nitrogen and oxygen atoms in total. The SMILES string of the molecule is NCC(=O)c1sncc1Cl. The first-order valence-corrected chi connectivity index (χ1v) is 3.74. The summed E-state index contributed by atoms with van der Waals surface area (Å²) >= 11 is 6.66. The average molecular weight is 177 g/mol. The lowest BCUT2D eigenvalue weighted by Gasteiger charge is -1.89. The van der Waals surface area contributed by atoms with Gasteiger partial charge in [-0.3, -0.25) is 4.79 Å². The molecule has 0 spiro atoms. The van der Waals surface area contributed by atoms with Crippen molar-refractivity contribution in [3.05, 3.63) is 16.1 Å². The fraction of sp³-hybridized carbons (Fsp3) is 0.200. The number of nitrogens with two attached hydrogens (primary N) is 1. The first-order valence-electron chi connectivity index (χ1n) is 2.59. The van der Waals surface area contributed by atoms with E-state index >= 15 is 0 Å². The Morgan fingerprint density at radius 3 is 3.00 bits per heavy atom. The number of hydrogen-bond donors (Lipinski definition) is 1. The number of halogens is 1. The van der Waals surface area contributed by atoms with Crippen LogP contribution in [0, 0.1) is 0 Å². The largest absolute Gasteiger partial charge is 0.324 e. The Bertz CT molecular complexity index is 248. The molecule has 1 rings (SSSR count). The fourth-order valence-electron chi connectivity index (χ4n) is 0.504. The van der Waals surface area contributed by atoms with Crippen LogP contribution in [-0.2, 0) is 0 Å². The molecule has 0 atom stereocenters. The molecule has 0 unspecified atom stereocenters. The summed E-state index contributed by atoms with van der Waals surface area (Å²) in [5.41, 5.74) is 5.10. The van der Waals surface area contributed by atoms with Crippen LogP contribution in [0.3, 0.4) is 0 Å². The Morgan fingerprint density at radius 1 is 1.90 bits per heavy atom. The summed E-state index contributed by atoms with van der Waals surface area (Å²) in [6.07, 6.45) is 1.44. The molecule has 1 heterocycles. The molecule has 0 saturated heterocycles. The van der Waals surface area contributed by atoms with Gasteiger partial charge in [0.05, 0.1) is 17.8 Å². The molecular weight excluding hydrogens is 172 g/mol. The van der Waals surface area contributed by atoms with Gasteiger partial charge < -0.3 is 5.73 Å². The van der Waals surface area contributed by atoms with Crippen molar-refractivity contribution in [1.29, 1.82) is 0 Å². The Hall–Kier alpha value is -0.450. The Balaban J connectivity index is 2.93. The van der Waals surface area contributed by atoms with Crippen molar-refractivity contribution in [2.45, 2.75) is 0 Å². The second-order valence-electron chi connectivity index (χ2n) is 1.63. The third-order valence-corrected chi connectivity index (χ3v) is 2.21. The van der Waals surface area contributed by atoms with Crippen molar-refractivity contribution in [1.82, 2.24) is 4.37 Å². The zero-order valence-corrected chi connectivity index (χ0v) is 6.58. The minimum atomic E-state index is -0.160. The molecule has 0 aliphatic rings. The molecule has 5 heteroatoms. The number of hydrogen-bond acceptors (Lipinski definition) is 4. The minimum absolute atomic E-state index is 0.0120. The highest BCUT2D eigenvalue weighted by atomic mass is 35.5. The summed E-state index contributed by atoms with van der Waals surface area (Å²) in [5.74, 6) is -0.160. The van der Waals surface area contributed by atoms with Crippen molar-refractivity contribution in [2.75, 3.05) is 6.54 Å². The van der Waals surface area contributed by atoms with Gasteiger partial charge in [0.2, 0.25) is 0 Å². The van der Waals surface area contributed by atoms with Crippen LogP contribution in [0.2, 0.25) is 5.02 Å². The van der Waals surface area contributed by atoms with Gasteiger partial charge in [0.25, 0.3) is 0 Å². The molecule has 0 aliphatic heterocycles. The van der Waals surface area contributed by atoms with Crippen LogP contribution in [0.4, 0.5) is 0 Å². The minimum Gasteiger partial charge on any atom is -0.324 e. The predicted molar refractivity (Wildman–Crippen MR) is 40.5 cm³/mol. The normalized spacial score (nSPS) is 9.80. The van der Waals surface area contributed by atoms with Crippen LogP contribution < -0.4 is 5.73 Å². The van der Waals surface area contributed by atoms with Crippen LogP contribution in [0.5, 0.6) is 0 Å². The van der Waals surface area contributed by atoms with E-state index in [1.54, 1.807) is 0 Å². The van der Waals surface area contributed by atoms with E-state index in [1.165, 1.54) is 6.20 Å². The van der Waals surface area contributed by atoms with E-state index < -0.39 is 0 Å². The molecule has 0 bridgehead atoms. The van der Waals surface area contributed by atoms with Gasteiger partial charge in [-0.1, -0.05) is 11.6 Å². The van der Waals surface area contributed by atoms with E-state index in [1.807, 2.05) is 0 Å². The van der Waals surface area contributed by atoms with E-state index in [4.69, 9.17) is 17.3 Å². The number of Topliss-reactive ketones (excluding diaryl/α,β-unsaturated/α-hetero) is 1. The topological polar surface area (TPSA) is 56.0 Å². The highest BCUT2D eigenvalue weighted by Crippen LogP contribution is 2.18. The van der Waals surface area contributed by atoms with E-state index in [2.05, 4.69) is 4.37 Å². The standard InChI is InChI=1S/C5H5ClN2OS/c6-3-2-8-10-5(3)4(9)1-7/h2H,1,7H2. The van der Waals surface area contributed by atoms with Gasteiger partial charge in [-0.25, -0.2) is 0 Å². The van der Waals surface area contributed by atoms with Crippen LogP contribution in [0.1, 0.15) is 9.67 Å². The zero-order chi connectivity index (χ0) is 7.56. The molecule has 1 aromatic heterocycles. The smallest absolute Gasteiger partial charge is 0.189 e. The molecule has 0 aliphatic carbocycles. The fourth-order valence-corrected chi connectivity index (χ4v) is 1.41. The third kappa shape index (κ3) is 1.34. The maximum atomic E-state index is 10.9. The van der Waals surface area contributed by atoms with Gasteiger partial charge in [-0.15, -0.1) is 0 Å². The molecule has 10 heavy (non-hydrogen) atoms. The molecule has 1 aromatic rings. The number of carbonyl (C=O) groups excluding carboxylic acids is 1. The van der Waals surface area contributed by atoms with E-state index in [0.29, 0.717) is 9.90 Å². The first kappa shape index (κ1) is 7.65. The molecular formula is C5H5ClN2OS. The number of rotatable bonds is 2. The predicted octanol–water partition coefficient (Wildman–Crippen LogP) is 0.938. The van der Waals surface area contributed by atoms with Gasteiger partial charge >= 0.3 is 0 Å². The number of ketones is 1. The van der Waals surface area contributed by atoms with Crippen molar-refractivity contribution in [2.24, 2.45) is 5.73 Å². The molecule has 0 amide bonds. The van der Waals surface area contributed by atoms with E-state index in [-0.39, 0.29) is 12.3 Å². The van der Waals surface area contributed by atoms with Crippen molar-refractivity contribution >= 4 is 28.9 Å². The summed E-state index contributed by atoms with van der Waals surface area (Å²) in [7, 11) is 0. The lowest BCUT2D eigenvalue weighted by molar-refractivity contribution is 0.101. The number of carbonyl (C=O) groups is 1. The van der Waals surface area contributed by atoms with Gasteiger partial charge in [0.15, 0.2) is 5.78 Å². The Labute approximate surface area is 67.0 Å². The highest BCUT2D eigenvalue weighted by Gasteiger charge is 2.09. The maximum Gasteiger partial charge on any atom is 0.189 e. The van der Waals surface area contributed by atoms with Gasteiger partial charge in [0.1, 0.15) is 4.88 Å². The average Bonchev–Trinajstić information content (AvgIpc) is 2.34. The second-order valence-corrected chi connectivity index (χ2v) is 2.84. The molecule has 0 saturated carbocycles. The summed E-state index contributed by atoms with van der Waals surface area (Å²) in [6, 6.07) is 0. The van der Waals surface area contributed by atoms with Crippen LogP contribution in [0.25, 0.3) is 0 Å². The quantitative estimate of drug-likeness (QED) is 0.683. The number of nitrogens with zero attached hydrogens (tertiary/aromatic N) is 1. The number of aromatic nitrogens is 1. The Kier molecular flexibility index (Phi) is 2.37. The summed E-state index contributed by atoms with van der Waals surface area (Å²) in [4.78, 5) is 11.3. The maximum absolute atomic E-state index is 10.9. The van der Waals surface area contributed by atoms with E-state index in [0.717, 1.165) is 11.5 Å². The van der Waals surface area contributed by atoms with Crippen molar-refractivity contribution in [3.8, 4) is 0 Å². The lowest BCUT2D eigenvalue weighted by Crippen LogP contribution is -2.12. The monoisotopic (exact) mass is 176 g/mol. The van der Waals surface area contributed by atoms with Crippen molar-refractivity contribution < 1.29 is 4.79 Å². The second kappa shape index (κ2) is 3.09. The van der Waals surface area contributed by atoms with E-state index in [9.17, 15) is 4.79 Å². The molecule has 0 aromatic carbocycles. The highest BCUT2D eigenvalue weighted by molar-refractivity contribution is 7.08. The molecule has 0 radical (unpaired) electrons. The van der Waals surface area contributed by atoms with Crippen LogP contribution in [0.15, 0.2) is 6.20 Å². The van der Waals surface area contributed by atoms with Crippen molar-refractivity contribution in [3.63, 3.8) is 0 Å². The first-order chi connectivity index (χ1) is 4.75. The van der Waals surface area contributed by atoms with Crippen LogP contribution in [-0.4, -0.2) is 16.7 Å². The molecule has 54 valence electrons.